The molecule has 0 radical (unpaired) electrons. The van der Waals surface area contributed by atoms with Gasteiger partial charge in [0.05, 0.1) is 16.9 Å². The van der Waals surface area contributed by atoms with Crippen LogP contribution in [0.2, 0.25) is 0 Å². The van der Waals surface area contributed by atoms with Gasteiger partial charge in [-0.05, 0) is 18.2 Å². The van der Waals surface area contributed by atoms with E-state index in [-0.39, 0.29) is 0 Å². The number of hydrogen-bond donors (Lipinski definition) is 0. The van der Waals surface area contributed by atoms with E-state index in [9.17, 15) is 0 Å². The van der Waals surface area contributed by atoms with Crippen LogP contribution in [0.25, 0.3) is 22.3 Å². The number of para-hydroxylation sites is 1. The molecule has 14 heavy (non-hydrogen) atoms. The maximum absolute atomic E-state index is 4.49. The van der Waals surface area contributed by atoms with Crippen molar-refractivity contribution in [2.24, 2.45) is 0 Å². The number of hydrogen-bond acceptors (Lipinski definition) is 2. The zero-order valence-electron chi connectivity index (χ0n) is 7.51. The zero-order chi connectivity index (χ0) is 9.38. The highest BCUT2D eigenvalue weighted by Gasteiger charge is 2.09. The summed E-state index contributed by atoms with van der Waals surface area (Å²) in [7, 11) is 0. The average molecular weight is 180 g/mol. The SMILES string of the molecule is c1ccc2nc3ccccc3c-2nc1. The Morgan fingerprint density at radius 3 is 2.71 bits per heavy atom. The molecule has 0 saturated heterocycles. The predicted octanol–water partition coefficient (Wildman–Crippen LogP) is 2.73. The molecule has 2 aliphatic heterocycles. The van der Waals surface area contributed by atoms with E-state index < -0.39 is 0 Å². The number of aromatic nitrogens is 2. The topological polar surface area (TPSA) is 25.8 Å². The smallest absolute Gasteiger partial charge is 0.0980 e. The summed E-state index contributed by atoms with van der Waals surface area (Å²) in [5, 5.41) is 1.12. The lowest BCUT2D eigenvalue weighted by molar-refractivity contribution is 1.36. The van der Waals surface area contributed by atoms with Crippen LogP contribution in [0.3, 0.4) is 0 Å². The quantitative estimate of drug-likeness (QED) is 0.531. The Labute approximate surface area is 81.6 Å². The van der Waals surface area contributed by atoms with Crippen LogP contribution in [-0.2, 0) is 0 Å². The average Bonchev–Trinajstić information content (AvgIpc) is 2.42. The molecule has 3 rings (SSSR count). The van der Waals surface area contributed by atoms with Gasteiger partial charge >= 0.3 is 0 Å². The fraction of sp³-hybridized carbons (Fsp3) is 0. The monoisotopic (exact) mass is 180 g/mol. The normalized spacial score (nSPS) is 10.9. The molecule has 0 aromatic heterocycles. The third kappa shape index (κ3) is 0.973. The molecule has 0 bridgehead atoms. The van der Waals surface area contributed by atoms with Gasteiger partial charge in [0.1, 0.15) is 0 Å². The van der Waals surface area contributed by atoms with Crippen LogP contribution < -0.4 is 0 Å². The zero-order valence-corrected chi connectivity index (χ0v) is 7.51. The second-order valence-electron chi connectivity index (χ2n) is 3.19. The van der Waals surface area contributed by atoms with Gasteiger partial charge < -0.3 is 0 Å². The minimum atomic E-state index is 0.955. The van der Waals surface area contributed by atoms with Gasteiger partial charge in [-0.3, -0.25) is 4.98 Å². The predicted molar refractivity (Wildman–Crippen MR) is 56.2 cm³/mol. The van der Waals surface area contributed by atoms with Gasteiger partial charge in [0.2, 0.25) is 0 Å². The van der Waals surface area contributed by atoms with Crippen LogP contribution in [0.1, 0.15) is 0 Å². The van der Waals surface area contributed by atoms with Crippen molar-refractivity contribution in [2.75, 3.05) is 0 Å². The molecule has 2 nitrogen and oxygen atoms in total. The van der Waals surface area contributed by atoms with Crippen molar-refractivity contribution in [2.45, 2.75) is 0 Å². The van der Waals surface area contributed by atoms with Crippen LogP contribution in [0.5, 0.6) is 0 Å². The summed E-state index contributed by atoms with van der Waals surface area (Å²) in [5.41, 5.74) is 2.95. The van der Waals surface area contributed by atoms with Gasteiger partial charge in [-0.25, -0.2) is 4.98 Å². The summed E-state index contributed by atoms with van der Waals surface area (Å²) in [5.74, 6) is 0. The first-order valence-electron chi connectivity index (χ1n) is 4.55. The van der Waals surface area contributed by atoms with E-state index in [2.05, 4.69) is 16.0 Å². The third-order valence-electron chi connectivity index (χ3n) is 2.30. The molecule has 0 N–H and O–H groups in total. The lowest BCUT2D eigenvalue weighted by Crippen LogP contribution is -1.73. The number of rotatable bonds is 0. The first-order chi connectivity index (χ1) is 6.95. The molecule has 2 heteroatoms. The minimum Gasteiger partial charge on any atom is -0.254 e. The molecular weight excluding hydrogens is 172 g/mol. The molecule has 2 aliphatic rings. The Balaban J connectivity index is 2.52. The van der Waals surface area contributed by atoms with Crippen LogP contribution in [-0.4, -0.2) is 9.97 Å². The van der Waals surface area contributed by atoms with Crippen molar-refractivity contribution in [3.05, 3.63) is 48.7 Å². The highest BCUT2D eigenvalue weighted by molar-refractivity contribution is 5.94. The van der Waals surface area contributed by atoms with Gasteiger partial charge in [0.15, 0.2) is 0 Å². The molecule has 0 fully saturated rings. The van der Waals surface area contributed by atoms with Crippen LogP contribution in [0, 0.1) is 0 Å². The number of benzene rings is 1. The van der Waals surface area contributed by atoms with E-state index in [1.165, 1.54) is 0 Å². The minimum absolute atomic E-state index is 0.955. The van der Waals surface area contributed by atoms with E-state index in [4.69, 9.17) is 0 Å². The van der Waals surface area contributed by atoms with Crippen LogP contribution in [0.4, 0.5) is 0 Å². The van der Waals surface area contributed by atoms with Crippen molar-refractivity contribution < 1.29 is 0 Å². The van der Waals surface area contributed by atoms with E-state index in [1.54, 1.807) is 6.20 Å². The molecule has 1 aromatic rings. The lowest BCUT2D eigenvalue weighted by atomic mass is 10.2. The summed E-state index contributed by atoms with van der Waals surface area (Å²) in [6, 6.07) is 13.9. The Hall–Kier alpha value is -1.96. The number of nitrogens with zero attached hydrogens (tertiary/aromatic N) is 2. The fourth-order valence-corrected chi connectivity index (χ4v) is 1.66. The highest BCUT2D eigenvalue weighted by Crippen LogP contribution is 2.27. The lowest BCUT2D eigenvalue weighted by Gasteiger charge is -1.88. The van der Waals surface area contributed by atoms with Crippen molar-refractivity contribution in [3.63, 3.8) is 0 Å². The van der Waals surface area contributed by atoms with Crippen LogP contribution >= 0.6 is 0 Å². The Kier molecular flexibility index (Phi) is 1.47. The first-order valence-corrected chi connectivity index (χ1v) is 4.55. The maximum Gasteiger partial charge on any atom is 0.0980 e. The molecule has 0 spiro atoms. The van der Waals surface area contributed by atoms with Crippen LogP contribution in [0.15, 0.2) is 48.7 Å². The Bertz CT molecular complexity index is 560. The molecule has 0 unspecified atom stereocenters. The van der Waals surface area contributed by atoms with E-state index in [0.29, 0.717) is 0 Å². The fourth-order valence-electron chi connectivity index (χ4n) is 1.66. The third-order valence-corrected chi connectivity index (χ3v) is 2.30. The largest absolute Gasteiger partial charge is 0.254 e. The van der Waals surface area contributed by atoms with E-state index in [0.717, 1.165) is 22.3 Å². The molecular formula is C12H8N2. The summed E-state index contributed by atoms with van der Waals surface area (Å²) in [6.45, 7) is 0. The van der Waals surface area contributed by atoms with Crippen molar-refractivity contribution >= 4 is 10.9 Å². The Morgan fingerprint density at radius 2 is 1.71 bits per heavy atom. The van der Waals surface area contributed by atoms with Crippen molar-refractivity contribution in [1.82, 2.24) is 9.97 Å². The van der Waals surface area contributed by atoms with E-state index in [1.807, 2.05) is 36.4 Å². The van der Waals surface area contributed by atoms with Gasteiger partial charge in [-0.2, -0.15) is 0 Å². The molecule has 0 atom stereocenters. The molecule has 0 aliphatic carbocycles. The van der Waals surface area contributed by atoms with E-state index >= 15 is 0 Å². The van der Waals surface area contributed by atoms with Gasteiger partial charge in [0, 0.05) is 11.6 Å². The maximum atomic E-state index is 4.49. The second-order valence-corrected chi connectivity index (χ2v) is 3.19. The van der Waals surface area contributed by atoms with Crippen molar-refractivity contribution in [1.29, 1.82) is 0 Å². The second kappa shape index (κ2) is 2.77. The first kappa shape index (κ1) is 7.44. The summed E-state index contributed by atoms with van der Waals surface area (Å²) in [4.78, 5) is 8.86. The number of fused-ring (bicyclic) bond motifs is 3. The summed E-state index contributed by atoms with van der Waals surface area (Å²) >= 11 is 0. The molecule has 1 aromatic carbocycles. The highest BCUT2D eigenvalue weighted by atomic mass is 14.8. The van der Waals surface area contributed by atoms with Gasteiger partial charge in [-0.1, -0.05) is 24.3 Å². The molecule has 2 heterocycles. The molecule has 0 saturated carbocycles. The Morgan fingerprint density at radius 1 is 0.857 bits per heavy atom. The van der Waals surface area contributed by atoms with Gasteiger partial charge in [-0.15, -0.1) is 0 Å². The van der Waals surface area contributed by atoms with Crippen molar-refractivity contribution in [3.8, 4) is 11.4 Å². The molecule has 0 amide bonds. The summed E-state index contributed by atoms with van der Waals surface area (Å²) in [6.07, 6.45) is 1.80. The summed E-state index contributed by atoms with van der Waals surface area (Å²) < 4.78 is 0. The van der Waals surface area contributed by atoms with Gasteiger partial charge in [0.25, 0.3) is 0 Å². The molecule has 66 valence electrons. The standard InChI is InChI=1S/C12H8N2/c1-2-6-10-9(5-1)12-11(14-10)7-3-4-8-13-12/h1-8H.